The molecule has 0 atom stereocenters. The molecule has 0 saturated heterocycles. The molecule has 0 bridgehead atoms. The molecule has 0 radical (unpaired) electrons. The Hall–Kier alpha value is -3.10. The maximum Gasteiger partial charge on any atom is 0.229 e. The van der Waals surface area contributed by atoms with E-state index in [0.29, 0.717) is 28.0 Å². The van der Waals surface area contributed by atoms with Crippen LogP contribution in [-0.4, -0.2) is 9.97 Å². The maximum absolute atomic E-state index is 9.15. The van der Waals surface area contributed by atoms with E-state index in [1.165, 1.54) is 0 Å². The predicted octanol–water partition coefficient (Wildman–Crippen LogP) is 4.80. The van der Waals surface area contributed by atoms with E-state index >= 15 is 0 Å². The van der Waals surface area contributed by atoms with E-state index in [4.69, 9.17) is 16.9 Å². The van der Waals surface area contributed by atoms with Crippen molar-refractivity contribution in [1.29, 1.82) is 5.26 Å². The highest BCUT2D eigenvalue weighted by Gasteiger charge is 2.06. The van der Waals surface area contributed by atoms with E-state index < -0.39 is 0 Å². The highest BCUT2D eigenvalue weighted by Crippen LogP contribution is 2.24. The van der Waals surface area contributed by atoms with Crippen LogP contribution in [0.3, 0.4) is 0 Å². The van der Waals surface area contributed by atoms with E-state index in [1.54, 1.807) is 18.3 Å². The van der Waals surface area contributed by atoms with Gasteiger partial charge in [-0.2, -0.15) is 10.2 Å². The Balaban J connectivity index is 1.84. The second kappa shape index (κ2) is 6.99. The van der Waals surface area contributed by atoms with Crippen molar-refractivity contribution in [3.05, 3.63) is 70.9 Å². The number of nitrogens with zero attached hydrogens (tertiary/aromatic N) is 3. The number of nitrogens with one attached hydrogen (secondary N) is 2. The first-order chi connectivity index (χ1) is 11.7. The van der Waals surface area contributed by atoms with Crippen LogP contribution < -0.4 is 10.6 Å². The molecule has 6 heteroatoms. The zero-order chi connectivity index (χ0) is 16.9. The Morgan fingerprint density at radius 2 is 1.88 bits per heavy atom. The molecule has 0 aliphatic heterocycles. The Morgan fingerprint density at radius 1 is 1.04 bits per heavy atom. The lowest BCUT2D eigenvalue weighted by atomic mass is 10.2. The van der Waals surface area contributed by atoms with Crippen molar-refractivity contribution < 1.29 is 0 Å². The van der Waals surface area contributed by atoms with Gasteiger partial charge < -0.3 is 10.6 Å². The predicted molar refractivity (Wildman–Crippen MR) is 95.9 cm³/mol. The first-order valence-electron chi connectivity index (χ1n) is 7.28. The molecule has 0 amide bonds. The summed E-state index contributed by atoms with van der Waals surface area (Å²) in [5.74, 6) is 1.04. The summed E-state index contributed by atoms with van der Waals surface area (Å²) in [7, 11) is 0. The lowest BCUT2D eigenvalue weighted by Gasteiger charge is -2.11. The molecular formula is C18H14ClN5. The summed E-state index contributed by atoms with van der Waals surface area (Å²) in [6, 6.07) is 16.7. The molecule has 0 aliphatic rings. The molecule has 0 spiro atoms. The summed E-state index contributed by atoms with van der Waals surface area (Å²) in [6.07, 6.45) is 1.65. The molecule has 2 aromatic carbocycles. The van der Waals surface area contributed by atoms with Gasteiger partial charge in [0.2, 0.25) is 5.95 Å². The first kappa shape index (κ1) is 15.8. The topological polar surface area (TPSA) is 73.6 Å². The van der Waals surface area contributed by atoms with Gasteiger partial charge in [-0.05, 0) is 42.8 Å². The van der Waals surface area contributed by atoms with Gasteiger partial charge in [0.05, 0.1) is 11.3 Å². The van der Waals surface area contributed by atoms with Crippen LogP contribution in [-0.2, 0) is 0 Å². The molecule has 2 N–H and O–H groups in total. The molecule has 3 aromatic rings. The third-order valence-corrected chi connectivity index (χ3v) is 3.65. The van der Waals surface area contributed by atoms with Crippen LogP contribution in [0.1, 0.15) is 11.1 Å². The van der Waals surface area contributed by atoms with E-state index in [-0.39, 0.29) is 0 Å². The molecule has 1 aromatic heterocycles. The van der Waals surface area contributed by atoms with Crippen LogP contribution >= 0.6 is 11.6 Å². The number of nitriles is 1. The fraction of sp³-hybridized carbons (Fsp3) is 0.0556. The first-order valence-corrected chi connectivity index (χ1v) is 7.66. The number of para-hydroxylation sites is 1. The third kappa shape index (κ3) is 3.62. The second-order valence-electron chi connectivity index (χ2n) is 5.13. The number of hydrogen-bond acceptors (Lipinski definition) is 5. The van der Waals surface area contributed by atoms with Gasteiger partial charge in [-0.3, -0.25) is 0 Å². The van der Waals surface area contributed by atoms with Crippen molar-refractivity contribution in [1.82, 2.24) is 9.97 Å². The molecule has 0 aliphatic carbocycles. The largest absolute Gasteiger partial charge is 0.339 e. The van der Waals surface area contributed by atoms with E-state index in [9.17, 15) is 0 Å². The van der Waals surface area contributed by atoms with Crippen LogP contribution in [0.5, 0.6) is 0 Å². The van der Waals surface area contributed by atoms with Crippen LogP contribution in [0, 0.1) is 18.3 Å². The van der Waals surface area contributed by atoms with Crippen molar-refractivity contribution in [2.24, 2.45) is 0 Å². The lowest BCUT2D eigenvalue weighted by molar-refractivity contribution is 1.16. The number of rotatable bonds is 4. The van der Waals surface area contributed by atoms with Gasteiger partial charge in [0.1, 0.15) is 11.9 Å². The lowest BCUT2D eigenvalue weighted by Crippen LogP contribution is -2.02. The molecular weight excluding hydrogens is 322 g/mol. The number of aryl methyl sites for hydroxylation is 1. The molecule has 0 saturated carbocycles. The van der Waals surface area contributed by atoms with E-state index in [2.05, 4.69) is 26.7 Å². The Morgan fingerprint density at radius 3 is 2.71 bits per heavy atom. The normalized spacial score (nSPS) is 10.0. The smallest absolute Gasteiger partial charge is 0.229 e. The minimum absolute atomic E-state index is 0.444. The maximum atomic E-state index is 9.15. The average molecular weight is 336 g/mol. The minimum atomic E-state index is 0.444. The minimum Gasteiger partial charge on any atom is -0.339 e. The van der Waals surface area contributed by atoms with Crippen molar-refractivity contribution in [2.45, 2.75) is 6.92 Å². The number of hydrogen-bond donors (Lipinski definition) is 2. The number of benzene rings is 2. The summed E-state index contributed by atoms with van der Waals surface area (Å²) in [5.41, 5.74) is 3.13. The van der Waals surface area contributed by atoms with Crippen molar-refractivity contribution in [3.8, 4) is 6.07 Å². The van der Waals surface area contributed by atoms with Gasteiger partial charge in [-0.15, -0.1) is 0 Å². The van der Waals surface area contributed by atoms with E-state index in [1.807, 2.05) is 43.3 Å². The van der Waals surface area contributed by atoms with Crippen molar-refractivity contribution >= 4 is 34.7 Å². The van der Waals surface area contributed by atoms with Gasteiger partial charge in [0, 0.05) is 16.9 Å². The summed E-state index contributed by atoms with van der Waals surface area (Å²) in [5, 5.41) is 16.1. The van der Waals surface area contributed by atoms with Crippen LogP contribution in [0.15, 0.2) is 54.7 Å². The Bertz CT molecular complexity index is 917. The molecule has 118 valence electrons. The Labute approximate surface area is 145 Å². The molecule has 0 fully saturated rings. The quantitative estimate of drug-likeness (QED) is 0.716. The summed E-state index contributed by atoms with van der Waals surface area (Å²) in [6.45, 7) is 1.98. The average Bonchev–Trinajstić information content (AvgIpc) is 2.59. The Kier molecular flexibility index (Phi) is 4.59. The summed E-state index contributed by atoms with van der Waals surface area (Å²) < 4.78 is 0. The zero-order valence-electron chi connectivity index (χ0n) is 12.9. The van der Waals surface area contributed by atoms with Gasteiger partial charge in [-0.25, -0.2) is 4.98 Å². The fourth-order valence-corrected chi connectivity index (χ4v) is 2.34. The van der Waals surface area contributed by atoms with Crippen molar-refractivity contribution in [2.75, 3.05) is 10.6 Å². The number of anilines is 4. The van der Waals surface area contributed by atoms with Gasteiger partial charge in [0.25, 0.3) is 0 Å². The number of aromatic nitrogens is 2. The van der Waals surface area contributed by atoms with Gasteiger partial charge in [0.15, 0.2) is 0 Å². The molecule has 24 heavy (non-hydrogen) atoms. The summed E-state index contributed by atoms with van der Waals surface area (Å²) >= 11 is 6.03. The highest BCUT2D eigenvalue weighted by atomic mass is 35.5. The molecule has 1 heterocycles. The highest BCUT2D eigenvalue weighted by molar-refractivity contribution is 6.30. The zero-order valence-corrected chi connectivity index (χ0v) is 13.7. The number of halogens is 1. The monoisotopic (exact) mass is 335 g/mol. The fourth-order valence-electron chi connectivity index (χ4n) is 2.17. The SMILES string of the molecule is Cc1ccc(Cl)cc1Nc1nccc(Nc2ccccc2C#N)n1. The standard InChI is InChI=1S/C18H14ClN5/c1-12-6-7-14(19)10-16(12)23-18-21-9-8-17(24-18)22-15-5-3-2-4-13(15)11-20/h2-10H,1H3,(H2,21,22,23,24). The second-order valence-corrected chi connectivity index (χ2v) is 5.57. The van der Waals surface area contributed by atoms with Crippen LogP contribution in [0.2, 0.25) is 5.02 Å². The van der Waals surface area contributed by atoms with Gasteiger partial charge >= 0.3 is 0 Å². The van der Waals surface area contributed by atoms with Crippen molar-refractivity contribution in [3.63, 3.8) is 0 Å². The van der Waals surface area contributed by atoms with Crippen LogP contribution in [0.4, 0.5) is 23.1 Å². The molecule has 3 rings (SSSR count). The summed E-state index contributed by atoms with van der Waals surface area (Å²) in [4.78, 5) is 8.64. The van der Waals surface area contributed by atoms with Gasteiger partial charge in [-0.1, -0.05) is 29.8 Å². The molecule has 5 nitrogen and oxygen atoms in total. The molecule has 0 unspecified atom stereocenters. The van der Waals surface area contributed by atoms with Crippen LogP contribution in [0.25, 0.3) is 0 Å². The third-order valence-electron chi connectivity index (χ3n) is 3.41. The van der Waals surface area contributed by atoms with E-state index in [0.717, 1.165) is 11.3 Å².